The lowest BCUT2D eigenvalue weighted by atomic mass is 10.0. The van der Waals surface area contributed by atoms with E-state index in [4.69, 9.17) is 0 Å². The van der Waals surface area contributed by atoms with Gasteiger partial charge in [0.15, 0.2) is 6.29 Å². The molecule has 0 aliphatic rings. The number of hydrogen-bond donors (Lipinski definition) is 1. The summed E-state index contributed by atoms with van der Waals surface area (Å²) in [6, 6.07) is 3.75. The molecule has 0 spiro atoms. The fourth-order valence-electron chi connectivity index (χ4n) is 1.37. The molecule has 2 heteroatoms. The average Bonchev–Trinajstić information content (AvgIpc) is 2.11. The van der Waals surface area contributed by atoms with Crippen LogP contribution in [0.2, 0.25) is 0 Å². The third-order valence-electron chi connectivity index (χ3n) is 2.16. The summed E-state index contributed by atoms with van der Waals surface area (Å²) in [5.41, 5.74) is 2.11. The van der Waals surface area contributed by atoms with Crippen LogP contribution >= 0.6 is 0 Å². The molecular formula is C11H14O2. The zero-order chi connectivity index (χ0) is 9.84. The molecule has 2 nitrogen and oxygen atoms in total. The van der Waals surface area contributed by atoms with Crippen molar-refractivity contribution in [1.29, 1.82) is 0 Å². The molecule has 1 aromatic rings. The molecule has 0 atom stereocenters. The Morgan fingerprint density at radius 3 is 2.69 bits per heavy atom. The number of aryl methyl sites for hydroxylation is 2. The zero-order valence-electron chi connectivity index (χ0n) is 8.00. The molecule has 0 aliphatic carbocycles. The van der Waals surface area contributed by atoms with E-state index in [2.05, 4.69) is 0 Å². The minimum Gasteiger partial charge on any atom is -0.507 e. The SMILES string of the molecule is CCCc1ccc(C)c(C=O)c1O. The lowest BCUT2D eigenvalue weighted by Crippen LogP contribution is -1.92. The molecule has 0 amide bonds. The van der Waals surface area contributed by atoms with E-state index < -0.39 is 0 Å². The number of aromatic hydroxyl groups is 1. The number of aldehydes is 1. The Morgan fingerprint density at radius 1 is 1.46 bits per heavy atom. The molecule has 0 bridgehead atoms. The number of phenolic OH excluding ortho intramolecular Hbond substituents is 1. The van der Waals surface area contributed by atoms with Gasteiger partial charge >= 0.3 is 0 Å². The van der Waals surface area contributed by atoms with Gasteiger partial charge in [0, 0.05) is 0 Å². The van der Waals surface area contributed by atoms with Crippen LogP contribution in [-0.2, 0) is 6.42 Å². The van der Waals surface area contributed by atoms with Crippen molar-refractivity contribution in [3.63, 3.8) is 0 Å². The van der Waals surface area contributed by atoms with Crippen LogP contribution < -0.4 is 0 Å². The van der Waals surface area contributed by atoms with E-state index >= 15 is 0 Å². The summed E-state index contributed by atoms with van der Waals surface area (Å²) >= 11 is 0. The first-order valence-electron chi connectivity index (χ1n) is 4.47. The van der Waals surface area contributed by atoms with Crippen molar-refractivity contribution in [2.45, 2.75) is 26.7 Å². The molecule has 1 rings (SSSR count). The topological polar surface area (TPSA) is 37.3 Å². The van der Waals surface area contributed by atoms with Gasteiger partial charge in [-0.25, -0.2) is 0 Å². The quantitative estimate of drug-likeness (QED) is 0.722. The first-order chi connectivity index (χ1) is 6.20. The Labute approximate surface area is 78.2 Å². The Balaban J connectivity index is 3.19. The number of carbonyl (C=O) groups excluding carboxylic acids is 1. The first kappa shape index (κ1) is 9.78. The van der Waals surface area contributed by atoms with Crippen molar-refractivity contribution in [2.75, 3.05) is 0 Å². The van der Waals surface area contributed by atoms with Gasteiger partial charge in [-0.3, -0.25) is 4.79 Å². The molecule has 0 aliphatic heterocycles. The van der Waals surface area contributed by atoms with Crippen molar-refractivity contribution < 1.29 is 9.90 Å². The lowest BCUT2D eigenvalue weighted by Gasteiger charge is -2.07. The van der Waals surface area contributed by atoms with Gasteiger partial charge in [-0.2, -0.15) is 0 Å². The van der Waals surface area contributed by atoms with Gasteiger partial charge < -0.3 is 5.11 Å². The summed E-state index contributed by atoms with van der Waals surface area (Å²) in [6.07, 6.45) is 2.49. The predicted molar refractivity (Wildman–Crippen MR) is 52.2 cm³/mol. The van der Waals surface area contributed by atoms with Gasteiger partial charge in [0.1, 0.15) is 5.75 Å². The van der Waals surface area contributed by atoms with E-state index in [1.165, 1.54) is 0 Å². The van der Waals surface area contributed by atoms with Crippen LogP contribution in [0.15, 0.2) is 12.1 Å². The molecule has 13 heavy (non-hydrogen) atoms. The van der Waals surface area contributed by atoms with Crippen molar-refractivity contribution in [1.82, 2.24) is 0 Å². The first-order valence-corrected chi connectivity index (χ1v) is 4.47. The fraction of sp³-hybridized carbons (Fsp3) is 0.364. The highest BCUT2D eigenvalue weighted by Gasteiger charge is 2.08. The second kappa shape index (κ2) is 4.08. The minimum atomic E-state index is 0.150. The largest absolute Gasteiger partial charge is 0.507 e. The van der Waals surface area contributed by atoms with Crippen LogP contribution in [0.3, 0.4) is 0 Å². The van der Waals surface area contributed by atoms with Crippen molar-refractivity contribution in [3.05, 3.63) is 28.8 Å². The predicted octanol–water partition coefficient (Wildman–Crippen LogP) is 2.47. The molecule has 0 radical (unpaired) electrons. The summed E-state index contributed by atoms with van der Waals surface area (Å²) in [4.78, 5) is 10.6. The van der Waals surface area contributed by atoms with E-state index in [0.29, 0.717) is 11.8 Å². The summed E-state index contributed by atoms with van der Waals surface area (Å²) in [5.74, 6) is 0.150. The third kappa shape index (κ3) is 1.89. The molecular weight excluding hydrogens is 164 g/mol. The Hall–Kier alpha value is -1.31. The molecule has 0 unspecified atom stereocenters. The molecule has 0 saturated carbocycles. The van der Waals surface area contributed by atoms with Crippen molar-refractivity contribution in [3.8, 4) is 5.75 Å². The van der Waals surface area contributed by atoms with Gasteiger partial charge in [0.25, 0.3) is 0 Å². The Bertz CT molecular complexity index is 316. The van der Waals surface area contributed by atoms with Crippen molar-refractivity contribution >= 4 is 6.29 Å². The summed E-state index contributed by atoms with van der Waals surface area (Å²) < 4.78 is 0. The van der Waals surface area contributed by atoms with Gasteiger partial charge in [-0.05, 0) is 24.5 Å². The second-order valence-electron chi connectivity index (χ2n) is 3.17. The van der Waals surface area contributed by atoms with Crippen LogP contribution in [0.25, 0.3) is 0 Å². The highest BCUT2D eigenvalue weighted by Crippen LogP contribution is 2.25. The minimum absolute atomic E-state index is 0.150. The van der Waals surface area contributed by atoms with Crippen molar-refractivity contribution in [2.24, 2.45) is 0 Å². The molecule has 1 aromatic carbocycles. The summed E-state index contributed by atoms with van der Waals surface area (Å²) in [7, 11) is 0. The molecule has 1 N–H and O–H groups in total. The monoisotopic (exact) mass is 178 g/mol. The number of hydrogen-bond acceptors (Lipinski definition) is 2. The standard InChI is InChI=1S/C11H14O2/c1-3-4-9-6-5-8(2)10(7-12)11(9)13/h5-7,13H,3-4H2,1-2H3. The van der Waals surface area contributed by atoms with E-state index in [0.717, 1.165) is 24.0 Å². The van der Waals surface area contributed by atoms with Crippen LogP contribution in [0.5, 0.6) is 5.75 Å². The normalized spacial score (nSPS) is 10.0. The summed E-state index contributed by atoms with van der Waals surface area (Å²) in [6.45, 7) is 3.86. The molecule has 0 heterocycles. The number of carbonyl (C=O) groups is 1. The molecule has 0 aromatic heterocycles. The zero-order valence-corrected chi connectivity index (χ0v) is 8.00. The summed E-state index contributed by atoms with van der Waals surface area (Å²) in [5, 5.41) is 9.67. The highest BCUT2D eigenvalue weighted by atomic mass is 16.3. The van der Waals surface area contributed by atoms with Crippen LogP contribution in [0.4, 0.5) is 0 Å². The maximum absolute atomic E-state index is 10.6. The van der Waals surface area contributed by atoms with Crippen LogP contribution in [0, 0.1) is 6.92 Å². The molecule has 70 valence electrons. The van der Waals surface area contributed by atoms with Gasteiger partial charge in [0.05, 0.1) is 5.56 Å². The molecule has 0 saturated heterocycles. The van der Waals surface area contributed by atoms with E-state index in [9.17, 15) is 9.90 Å². The Kier molecular flexibility index (Phi) is 3.07. The number of rotatable bonds is 3. The average molecular weight is 178 g/mol. The van der Waals surface area contributed by atoms with Crippen LogP contribution in [0.1, 0.15) is 34.8 Å². The van der Waals surface area contributed by atoms with Gasteiger partial charge in [-0.15, -0.1) is 0 Å². The maximum Gasteiger partial charge on any atom is 0.154 e. The fourth-order valence-corrected chi connectivity index (χ4v) is 1.37. The second-order valence-corrected chi connectivity index (χ2v) is 3.17. The highest BCUT2D eigenvalue weighted by molar-refractivity contribution is 5.82. The van der Waals surface area contributed by atoms with Gasteiger partial charge in [-0.1, -0.05) is 25.5 Å². The Morgan fingerprint density at radius 2 is 2.15 bits per heavy atom. The van der Waals surface area contributed by atoms with Crippen LogP contribution in [-0.4, -0.2) is 11.4 Å². The maximum atomic E-state index is 10.6. The smallest absolute Gasteiger partial charge is 0.154 e. The van der Waals surface area contributed by atoms with E-state index in [-0.39, 0.29) is 5.75 Å². The number of phenols is 1. The van der Waals surface area contributed by atoms with Gasteiger partial charge in [0.2, 0.25) is 0 Å². The lowest BCUT2D eigenvalue weighted by molar-refractivity contribution is 0.112. The number of benzene rings is 1. The third-order valence-corrected chi connectivity index (χ3v) is 2.16. The van der Waals surface area contributed by atoms with E-state index in [1.807, 2.05) is 26.0 Å². The molecule has 0 fully saturated rings. The van der Waals surface area contributed by atoms with E-state index in [1.54, 1.807) is 0 Å².